The molecule has 0 aromatic rings. The molecule has 1 N–H and O–H groups in total. The summed E-state index contributed by atoms with van der Waals surface area (Å²) in [6.07, 6.45) is 4.18. The highest BCUT2D eigenvalue weighted by Gasteiger charge is 2.30. The van der Waals surface area contributed by atoms with Crippen molar-refractivity contribution in [2.24, 2.45) is 0 Å². The van der Waals surface area contributed by atoms with Gasteiger partial charge >= 0.3 is 0 Å². The van der Waals surface area contributed by atoms with E-state index in [1.165, 1.54) is 45.4 Å². The predicted molar refractivity (Wildman–Crippen MR) is 75.0 cm³/mol. The van der Waals surface area contributed by atoms with Gasteiger partial charge in [0.1, 0.15) is 0 Å². The zero-order valence-corrected chi connectivity index (χ0v) is 12.0. The second-order valence-electron chi connectivity index (χ2n) is 5.73. The first-order valence-corrected chi connectivity index (χ1v) is 7.49. The zero-order valence-electron chi connectivity index (χ0n) is 12.0. The number of hydrogen-bond acceptors (Lipinski definition) is 4. The average Bonchev–Trinajstić information content (AvgIpc) is 3.03. The number of likely N-dealkylation sites (tertiary alicyclic amines) is 2. The van der Waals surface area contributed by atoms with Crippen LogP contribution in [0.25, 0.3) is 0 Å². The Morgan fingerprint density at radius 3 is 2.78 bits per heavy atom. The van der Waals surface area contributed by atoms with Crippen LogP contribution in [-0.4, -0.2) is 74.9 Å². The van der Waals surface area contributed by atoms with Gasteiger partial charge in [0.05, 0.1) is 6.61 Å². The van der Waals surface area contributed by atoms with E-state index in [0.717, 1.165) is 25.7 Å². The van der Waals surface area contributed by atoms with Gasteiger partial charge in [-0.3, -0.25) is 9.80 Å². The standard InChI is InChI=1S/C14H29N3O/c1-13(11-15-6-10-18-2)17-9-5-14(12-17)16-7-3-4-8-16/h13-15H,3-12H2,1-2H3. The molecule has 106 valence electrons. The summed E-state index contributed by atoms with van der Waals surface area (Å²) in [7, 11) is 1.76. The highest BCUT2D eigenvalue weighted by molar-refractivity contribution is 4.88. The van der Waals surface area contributed by atoms with Crippen LogP contribution in [0.3, 0.4) is 0 Å². The van der Waals surface area contributed by atoms with Crippen LogP contribution in [0.5, 0.6) is 0 Å². The van der Waals surface area contributed by atoms with Crippen molar-refractivity contribution in [3.05, 3.63) is 0 Å². The summed E-state index contributed by atoms with van der Waals surface area (Å²) in [4.78, 5) is 5.34. The van der Waals surface area contributed by atoms with Gasteiger partial charge in [-0.25, -0.2) is 0 Å². The number of hydrogen-bond donors (Lipinski definition) is 1. The summed E-state index contributed by atoms with van der Waals surface area (Å²) in [6.45, 7) is 10.4. The van der Waals surface area contributed by atoms with Gasteiger partial charge in [0.15, 0.2) is 0 Å². The van der Waals surface area contributed by atoms with Crippen molar-refractivity contribution < 1.29 is 4.74 Å². The molecule has 2 aliphatic rings. The van der Waals surface area contributed by atoms with Gasteiger partial charge in [0.2, 0.25) is 0 Å². The van der Waals surface area contributed by atoms with Crippen molar-refractivity contribution in [3.63, 3.8) is 0 Å². The lowest BCUT2D eigenvalue weighted by molar-refractivity contribution is 0.185. The Hall–Kier alpha value is -0.160. The lowest BCUT2D eigenvalue weighted by Gasteiger charge is -2.27. The Kier molecular flexibility index (Phi) is 5.89. The van der Waals surface area contributed by atoms with Crippen LogP contribution in [-0.2, 0) is 4.74 Å². The third kappa shape index (κ3) is 3.92. The largest absolute Gasteiger partial charge is 0.383 e. The molecule has 0 saturated carbocycles. The van der Waals surface area contributed by atoms with Crippen molar-refractivity contribution in [2.75, 3.05) is 53.0 Å². The molecule has 0 aliphatic carbocycles. The summed E-state index contributed by atoms with van der Waals surface area (Å²) in [5, 5.41) is 3.47. The SMILES string of the molecule is COCCNCC(C)N1CCC(N2CCCC2)C1. The summed E-state index contributed by atoms with van der Waals surface area (Å²) in [5.74, 6) is 0. The Labute approximate surface area is 112 Å². The van der Waals surface area contributed by atoms with E-state index in [-0.39, 0.29) is 0 Å². The van der Waals surface area contributed by atoms with Gasteiger partial charge < -0.3 is 10.1 Å². The number of nitrogens with one attached hydrogen (secondary N) is 1. The van der Waals surface area contributed by atoms with E-state index < -0.39 is 0 Å². The van der Waals surface area contributed by atoms with Crippen LogP contribution in [0, 0.1) is 0 Å². The lowest BCUT2D eigenvalue weighted by atomic mass is 10.2. The molecular weight excluding hydrogens is 226 g/mol. The topological polar surface area (TPSA) is 27.7 Å². The van der Waals surface area contributed by atoms with E-state index in [1.807, 2.05) is 0 Å². The summed E-state index contributed by atoms with van der Waals surface area (Å²) in [6, 6.07) is 1.48. The fourth-order valence-corrected chi connectivity index (χ4v) is 3.19. The Bertz CT molecular complexity index is 231. The molecule has 4 heteroatoms. The first-order chi connectivity index (χ1) is 8.81. The van der Waals surface area contributed by atoms with Crippen molar-refractivity contribution >= 4 is 0 Å². The van der Waals surface area contributed by atoms with Crippen molar-refractivity contribution in [3.8, 4) is 0 Å². The zero-order chi connectivity index (χ0) is 12.8. The maximum atomic E-state index is 5.05. The molecule has 2 rings (SSSR count). The summed E-state index contributed by atoms with van der Waals surface area (Å²) in [5.41, 5.74) is 0. The lowest BCUT2D eigenvalue weighted by Crippen LogP contribution is -2.42. The molecule has 2 fully saturated rings. The van der Waals surface area contributed by atoms with Crippen molar-refractivity contribution in [1.82, 2.24) is 15.1 Å². The van der Waals surface area contributed by atoms with Gasteiger partial charge in [-0.05, 0) is 39.3 Å². The first-order valence-electron chi connectivity index (χ1n) is 7.49. The molecule has 0 spiro atoms. The van der Waals surface area contributed by atoms with Gasteiger partial charge in [0, 0.05) is 45.4 Å². The highest BCUT2D eigenvalue weighted by atomic mass is 16.5. The van der Waals surface area contributed by atoms with Gasteiger partial charge in [0.25, 0.3) is 0 Å². The van der Waals surface area contributed by atoms with E-state index >= 15 is 0 Å². The van der Waals surface area contributed by atoms with Gasteiger partial charge in [-0.1, -0.05) is 0 Å². The summed E-state index contributed by atoms with van der Waals surface area (Å²) >= 11 is 0. The van der Waals surface area contributed by atoms with Crippen LogP contribution in [0.15, 0.2) is 0 Å². The van der Waals surface area contributed by atoms with E-state index in [4.69, 9.17) is 4.74 Å². The minimum atomic E-state index is 0.648. The van der Waals surface area contributed by atoms with Gasteiger partial charge in [-0.2, -0.15) is 0 Å². The minimum absolute atomic E-state index is 0.648. The minimum Gasteiger partial charge on any atom is -0.383 e. The fourth-order valence-electron chi connectivity index (χ4n) is 3.19. The second-order valence-corrected chi connectivity index (χ2v) is 5.73. The van der Waals surface area contributed by atoms with Crippen molar-refractivity contribution in [1.29, 1.82) is 0 Å². The quantitative estimate of drug-likeness (QED) is 0.681. The monoisotopic (exact) mass is 255 g/mol. The molecular formula is C14H29N3O. The molecule has 2 saturated heterocycles. The molecule has 0 radical (unpaired) electrons. The van der Waals surface area contributed by atoms with Crippen LogP contribution in [0.1, 0.15) is 26.2 Å². The van der Waals surface area contributed by atoms with E-state index in [9.17, 15) is 0 Å². The molecule has 2 heterocycles. The molecule has 4 nitrogen and oxygen atoms in total. The maximum absolute atomic E-state index is 5.05. The Balaban J connectivity index is 1.64. The summed E-state index contributed by atoms with van der Waals surface area (Å²) < 4.78 is 5.05. The first kappa shape index (κ1) is 14.3. The average molecular weight is 255 g/mol. The highest BCUT2D eigenvalue weighted by Crippen LogP contribution is 2.21. The number of nitrogens with zero attached hydrogens (tertiary/aromatic N) is 2. The smallest absolute Gasteiger partial charge is 0.0587 e. The number of rotatable bonds is 7. The molecule has 0 amide bonds. The Morgan fingerprint density at radius 2 is 2.06 bits per heavy atom. The molecule has 18 heavy (non-hydrogen) atoms. The van der Waals surface area contributed by atoms with E-state index in [1.54, 1.807) is 7.11 Å². The van der Waals surface area contributed by atoms with Gasteiger partial charge in [-0.15, -0.1) is 0 Å². The van der Waals surface area contributed by atoms with E-state index in [0.29, 0.717) is 6.04 Å². The molecule has 0 aromatic heterocycles. The number of ether oxygens (including phenoxy) is 1. The van der Waals surface area contributed by atoms with Crippen LogP contribution < -0.4 is 5.32 Å². The maximum Gasteiger partial charge on any atom is 0.0587 e. The fraction of sp³-hybridized carbons (Fsp3) is 1.00. The molecule has 0 bridgehead atoms. The number of methoxy groups -OCH3 is 1. The van der Waals surface area contributed by atoms with Crippen LogP contribution in [0.4, 0.5) is 0 Å². The normalized spacial score (nSPS) is 28.0. The third-order valence-corrected chi connectivity index (χ3v) is 4.40. The van der Waals surface area contributed by atoms with Crippen molar-refractivity contribution in [2.45, 2.75) is 38.3 Å². The molecule has 2 atom stereocenters. The predicted octanol–water partition coefficient (Wildman–Crippen LogP) is 0.781. The molecule has 2 unspecified atom stereocenters. The third-order valence-electron chi connectivity index (χ3n) is 4.40. The van der Waals surface area contributed by atoms with Crippen LogP contribution in [0.2, 0.25) is 0 Å². The Morgan fingerprint density at radius 1 is 1.28 bits per heavy atom. The molecule has 2 aliphatic heterocycles. The van der Waals surface area contributed by atoms with Crippen LogP contribution >= 0.6 is 0 Å². The molecule has 0 aromatic carbocycles. The second kappa shape index (κ2) is 7.43. The van der Waals surface area contributed by atoms with E-state index in [2.05, 4.69) is 22.0 Å².